The molecule has 2 aromatic carbocycles. The van der Waals surface area contributed by atoms with Gasteiger partial charge in [0, 0.05) is 24.0 Å². The average molecular weight is 350 g/mol. The van der Waals surface area contributed by atoms with Crippen LogP contribution in [0.4, 0.5) is 16.2 Å². The summed E-state index contributed by atoms with van der Waals surface area (Å²) in [6.45, 7) is 6.81. The van der Waals surface area contributed by atoms with Gasteiger partial charge in [-0.05, 0) is 61.6 Å². The van der Waals surface area contributed by atoms with Crippen molar-refractivity contribution >= 4 is 23.6 Å². The van der Waals surface area contributed by atoms with Gasteiger partial charge in [-0.15, -0.1) is 0 Å². The summed E-state index contributed by atoms with van der Waals surface area (Å²) >= 11 is 0. The van der Waals surface area contributed by atoms with E-state index in [2.05, 4.69) is 60.7 Å². The summed E-state index contributed by atoms with van der Waals surface area (Å²) < 4.78 is 0. The first-order chi connectivity index (χ1) is 12.4. The lowest BCUT2D eigenvalue weighted by molar-refractivity contribution is 0.252. The minimum absolute atomic E-state index is 0.152. The van der Waals surface area contributed by atoms with Crippen molar-refractivity contribution in [3.8, 4) is 0 Å². The molecule has 5 nitrogen and oxygen atoms in total. The number of anilines is 2. The third-order valence-electron chi connectivity index (χ3n) is 5.07. The van der Waals surface area contributed by atoms with Gasteiger partial charge in [-0.3, -0.25) is 0 Å². The van der Waals surface area contributed by atoms with E-state index in [0.29, 0.717) is 5.92 Å². The molecule has 5 heteroatoms. The van der Waals surface area contributed by atoms with Gasteiger partial charge in [0.15, 0.2) is 0 Å². The number of urea groups is 1. The molecule has 1 aliphatic rings. The number of para-hydroxylation sites is 1. The Kier molecular flexibility index (Phi) is 4.98. The number of rotatable bonds is 3. The second-order valence-corrected chi connectivity index (χ2v) is 7.49. The number of carbonyl (C=O) groups is 1. The summed E-state index contributed by atoms with van der Waals surface area (Å²) in [6, 6.07) is 15.3. The van der Waals surface area contributed by atoms with Crippen molar-refractivity contribution in [2.24, 2.45) is 5.10 Å². The molecule has 0 aliphatic carbocycles. The van der Waals surface area contributed by atoms with Crippen LogP contribution < -0.4 is 15.6 Å². The van der Waals surface area contributed by atoms with Crippen LogP contribution in [-0.4, -0.2) is 24.8 Å². The lowest BCUT2D eigenvalue weighted by Crippen LogP contribution is -2.45. The average Bonchev–Trinajstić information content (AvgIpc) is 2.60. The summed E-state index contributed by atoms with van der Waals surface area (Å²) in [7, 11) is 2.15. The van der Waals surface area contributed by atoms with Crippen molar-refractivity contribution in [2.45, 2.75) is 38.6 Å². The van der Waals surface area contributed by atoms with Crippen LogP contribution in [-0.2, 0) is 0 Å². The van der Waals surface area contributed by atoms with Gasteiger partial charge in [0.2, 0.25) is 0 Å². The molecule has 1 unspecified atom stereocenters. The molecule has 1 heterocycles. The van der Waals surface area contributed by atoms with Gasteiger partial charge in [-0.1, -0.05) is 31.2 Å². The van der Waals surface area contributed by atoms with E-state index in [-0.39, 0.29) is 11.6 Å². The van der Waals surface area contributed by atoms with Crippen molar-refractivity contribution in [3.05, 3.63) is 59.7 Å². The van der Waals surface area contributed by atoms with Gasteiger partial charge < -0.3 is 10.2 Å². The van der Waals surface area contributed by atoms with Crippen molar-refractivity contribution in [1.82, 2.24) is 5.43 Å². The van der Waals surface area contributed by atoms with Crippen LogP contribution in [0, 0.1) is 0 Å². The maximum absolute atomic E-state index is 11.9. The number of hydrogen-bond acceptors (Lipinski definition) is 3. The summed E-state index contributed by atoms with van der Waals surface area (Å²) in [6.07, 6.45) is 2.78. The van der Waals surface area contributed by atoms with Gasteiger partial charge in [0.1, 0.15) is 0 Å². The Morgan fingerprint density at radius 1 is 1.23 bits per heavy atom. The van der Waals surface area contributed by atoms with Gasteiger partial charge in [0.05, 0.1) is 6.21 Å². The number of hydrogen-bond donors (Lipinski definition) is 2. The van der Waals surface area contributed by atoms with Crippen LogP contribution in [0.2, 0.25) is 0 Å². The number of amides is 2. The van der Waals surface area contributed by atoms with Crippen molar-refractivity contribution in [3.63, 3.8) is 0 Å². The molecule has 0 bridgehead atoms. The highest BCUT2D eigenvalue weighted by Gasteiger charge is 2.33. The molecule has 26 heavy (non-hydrogen) atoms. The molecule has 0 fully saturated rings. The monoisotopic (exact) mass is 350 g/mol. The highest BCUT2D eigenvalue weighted by atomic mass is 16.2. The van der Waals surface area contributed by atoms with E-state index in [0.717, 1.165) is 17.7 Å². The number of fused-ring (bicyclic) bond motifs is 1. The topological polar surface area (TPSA) is 56.7 Å². The molecule has 3 rings (SSSR count). The van der Waals surface area contributed by atoms with E-state index < -0.39 is 0 Å². The zero-order chi connectivity index (χ0) is 18.7. The predicted molar refractivity (Wildman–Crippen MR) is 108 cm³/mol. The number of carbonyl (C=O) groups excluding carboxylic acids is 1. The summed E-state index contributed by atoms with van der Waals surface area (Å²) in [5, 5.41) is 6.79. The van der Waals surface area contributed by atoms with Crippen LogP contribution in [0.15, 0.2) is 53.6 Å². The molecule has 1 atom stereocenters. The fourth-order valence-electron chi connectivity index (χ4n) is 3.52. The third kappa shape index (κ3) is 3.87. The van der Waals surface area contributed by atoms with Crippen LogP contribution in [0.3, 0.4) is 0 Å². The zero-order valence-electron chi connectivity index (χ0n) is 15.8. The summed E-state index contributed by atoms with van der Waals surface area (Å²) in [5.41, 5.74) is 6.95. The Labute approximate surface area is 155 Å². The SMILES string of the molecule is CC1CC(C)(C)N(C)c2ccc(/C=N\NC(=O)Nc3ccccc3)cc21. The van der Waals surface area contributed by atoms with Gasteiger partial charge >= 0.3 is 6.03 Å². The Balaban J connectivity index is 1.67. The Morgan fingerprint density at radius 3 is 2.69 bits per heavy atom. The largest absolute Gasteiger partial charge is 0.369 e. The molecular weight excluding hydrogens is 324 g/mol. The minimum Gasteiger partial charge on any atom is -0.369 e. The number of nitrogens with one attached hydrogen (secondary N) is 2. The molecule has 2 amide bonds. The fourth-order valence-corrected chi connectivity index (χ4v) is 3.52. The first kappa shape index (κ1) is 18.0. The zero-order valence-corrected chi connectivity index (χ0v) is 15.8. The highest BCUT2D eigenvalue weighted by Crippen LogP contribution is 2.42. The smallest absolute Gasteiger partial charge is 0.339 e. The lowest BCUT2D eigenvalue weighted by Gasteiger charge is -2.45. The minimum atomic E-state index is -0.361. The molecule has 136 valence electrons. The van der Waals surface area contributed by atoms with E-state index >= 15 is 0 Å². The molecule has 2 aromatic rings. The Hall–Kier alpha value is -2.82. The Morgan fingerprint density at radius 2 is 1.96 bits per heavy atom. The first-order valence-corrected chi connectivity index (χ1v) is 8.90. The molecular formula is C21H26N4O. The normalized spacial score (nSPS) is 18.5. The molecule has 2 N–H and O–H groups in total. The number of benzene rings is 2. The molecule has 1 aliphatic heterocycles. The Bertz CT molecular complexity index is 814. The van der Waals surface area contributed by atoms with Crippen molar-refractivity contribution < 1.29 is 4.79 Å². The summed E-state index contributed by atoms with van der Waals surface area (Å²) in [5.74, 6) is 0.485. The van der Waals surface area contributed by atoms with E-state index in [1.165, 1.54) is 11.3 Å². The van der Waals surface area contributed by atoms with Crippen LogP contribution >= 0.6 is 0 Å². The second kappa shape index (κ2) is 7.20. The molecule has 0 spiro atoms. The third-order valence-corrected chi connectivity index (χ3v) is 5.07. The standard InChI is InChI=1S/C21H26N4O/c1-15-13-21(2,3)25(4)19-11-10-16(12-18(15)19)14-22-24-20(26)23-17-8-6-5-7-9-17/h5-12,14-15H,13H2,1-4H3,(H2,23,24,26)/b22-14-. The fraction of sp³-hybridized carbons (Fsp3) is 0.333. The van der Waals surface area contributed by atoms with E-state index in [4.69, 9.17) is 0 Å². The van der Waals surface area contributed by atoms with Gasteiger partial charge in [0.25, 0.3) is 0 Å². The van der Waals surface area contributed by atoms with E-state index in [9.17, 15) is 4.79 Å². The number of nitrogens with zero attached hydrogens (tertiary/aromatic N) is 2. The van der Waals surface area contributed by atoms with E-state index in [1.54, 1.807) is 6.21 Å². The van der Waals surface area contributed by atoms with Crippen LogP contribution in [0.25, 0.3) is 0 Å². The summed E-state index contributed by atoms with van der Waals surface area (Å²) in [4.78, 5) is 14.2. The molecule has 0 saturated carbocycles. The van der Waals surface area contributed by atoms with E-state index in [1.807, 2.05) is 36.4 Å². The van der Waals surface area contributed by atoms with Gasteiger partial charge in [-0.2, -0.15) is 5.10 Å². The maximum Gasteiger partial charge on any atom is 0.339 e. The highest BCUT2D eigenvalue weighted by molar-refractivity contribution is 5.90. The first-order valence-electron chi connectivity index (χ1n) is 8.90. The van der Waals surface area contributed by atoms with Gasteiger partial charge in [-0.25, -0.2) is 10.2 Å². The second-order valence-electron chi connectivity index (χ2n) is 7.49. The quantitative estimate of drug-likeness (QED) is 0.629. The predicted octanol–water partition coefficient (Wildman–Crippen LogP) is 4.56. The molecule has 0 aromatic heterocycles. The van der Waals surface area contributed by atoms with Crippen molar-refractivity contribution in [1.29, 1.82) is 0 Å². The lowest BCUT2D eigenvalue weighted by atomic mass is 9.80. The molecule has 0 saturated heterocycles. The van der Waals surface area contributed by atoms with Crippen LogP contribution in [0.1, 0.15) is 44.2 Å². The number of hydrazone groups is 1. The van der Waals surface area contributed by atoms with Crippen LogP contribution in [0.5, 0.6) is 0 Å². The maximum atomic E-state index is 11.9. The van der Waals surface area contributed by atoms with Crippen molar-refractivity contribution in [2.75, 3.05) is 17.3 Å². The molecule has 0 radical (unpaired) electrons.